The summed E-state index contributed by atoms with van der Waals surface area (Å²) in [6.45, 7) is 5.48. The number of carbonyl (C=O) groups is 1. The maximum atomic E-state index is 12.9. The Morgan fingerprint density at radius 2 is 1.96 bits per heavy atom. The normalized spacial score (nSPS) is 14.8. The molecule has 0 bridgehead atoms. The molecule has 0 spiro atoms. The third-order valence-corrected chi connectivity index (χ3v) is 6.22. The van der Waals surface area contributed by atoms with Crippen LogP contribution in [0.2, 0.25) is 0 Å². The van der Waals surface area contributed by atoms with Crippen LogP contribution in [0.1, 0.15) is 30.0 Å². The summed E-state index contributed by atoms with van der Waals surface area (Å²) >= 11 is 0. The van der Waals surface area contributed by atoms with E-state index >= 15 is 0 Å². The monoisotopic (exact) mass is 392 g/mol. The molecular weight excluding hydrogens is 368 g/mol. The van der Waals surface area contributed by atoms with Gasteiger partial charge in [0.2, 0.25) is 10.0 Å². The first kappa shape index (κ1) is 19.4. The van der Waals surface area contributed by atoms with Crippen LogP contribution in [0.5, 0.6) is 5.75 Å². The SMILES string of the molecule is COc1ccc(S(=O)(=O)N2CCn3nc(C(=O)NCC(C)C)cc3C2)cc1. The zero-order valence-electron chi connectivity index (χ0n) is 15.7. The number of aromatic nitrogens is 2. The minimum Gasteiger partial charge on any atom is -0.497 e. The third-order valence-electron chi connectivity index (χ3n) is 4.36. The van der Waals surface area contributed by atoms with E-state index in [1.54, 1.807) is 22.9 Å². The fourth-order valence-electron chi connectivity index (χ4n) is 2.84. The van der Waals surface area contributed by atoms with E-state index < -0.39 is 10.0 Å². The van der Waals surface area contributed by atoms with Gasteiger partial charge in [-0.2, -0.15) is 9.40 Å². The minimum absolute atomic E-state index is 0.179. The average Bonchev–Trinajstić information content (AvgIpc) is 3.09. The Morgan fingerprint density at radius 1 is 1.26 bits per heavy atom. The first-order chi connectivity index (χ1) is 12.8. The number of rotatable bonds is 6. The summed E-state index contributed by atoms with van der Waals surface area (Å²) in [5.41, 5.74) is 1.02. The molecule has 0 saturated heterocycles. The lowest BCUT2D eigenvalue weighted by Crippen LogP contribution is -2.38. The highest BCUT2D eigenvalue weighted by Crippen LogP contribution is 2.23. The molecule has 1 aliphatic heterocycles. The Labute approximate surface area is 159 Å². The van der Waals surface area contributed by atoms with Gasteiger partial charge in [-0.05, 0) is 36.2 Å². The summed E-state index contributed by atoms with van der Waals surface area (Å²) in [5.74, 6) is 0.703. The topological polar surface area (TPSA) is 93.5 Å². The fraction of sp³-hybridized carbons (Fsp3) is 0.444. The van der Waals surface area contributed by atoms with Gasteiger partial charge in [0.15, 0.2) is 0 Å². The van der Waals surface area contributed by atoms with E-state index in [0.29, 0.717) is 42.7 Å². The van der Waals surface area contributed by atoms with Crippen LogP contribution in [0, 0.1) is 5.92 Å². The van der Waals surface area contributed by atoms with Crippen molar-refractivity contribution in [1.29, 1.82) is 0 Å². The number of carbonyl (C=O) groups excluding carboxylic acids is 1. The van der Waals surface area contributed by atoms with Crippen molar-refractivity contribution in [2.75, 3.05) is 20.2 Å². The molecule has 1 amide bonds. The molecule has 146 valence electrons. The van der Waals surface area contributed by atoms with Crippen LogP contribution in [0.25, 0.3) is 0 Å². The van der Waals surface area contributed by atoms with Crippen LogP contribution in [-0.2, 0) is 23.1 Å². The Bertz CT molecular complexity index is 919. The molecule has 9 heteroatoms. The molecule has 0 radical (unpaired) electrons. The summed E-state index contributed by atoms with van der Waals surface area (Å²) in [6.07, 6.45) is 0. The average molecular weight is 392 g/mol. The standard InChI is InChI=1S/C18H24N4O4S/c1-13(2)11-19-18(23)17-10-14-12-21(8-9-22(14)20-17)27(24,25)16-6-4-15(26-3)5-7-16/h4-7,10,13H,8-9,11-12H2,1-3H3,(H,19,23). The van der Waals surface area contributed by atoms with Crippen LogP contribution in [-0.4, -0.2) is 48.6 Å². The highest BCUT2D eigenvalue weighted by Gasteiger charge is 2.30. The lowest BCUT2D eigenvalue weighted by molar-refractivity contribution is 0.0943. The van der Waals surface area contributed by atoms with Crippen LogP contribution < -0.4 is 10.1 Å². The van der Waals surface area contributed by atoms with Gasteiger partial charge in [-0.3, -0.25) is 9.48 Å². The van der Waals surface area contributed by atoms with Crippen molar-refractivity contribution in [1.82, 2.24) is 19.4 Å². The summed E-state index contributed by atoms with van der Waals surface area (Å²) in [6, 6.07) is 7.97. The molecule has 0 unspecified atom stereocenters. The molecular formula is C18H24N4O4S. The maximum Gasteiger partial charge on any atom is 0.271 e. The summed E-state index contributed by atoms with van der Waals surface area (Å²) in [4.78, 5) is 12.4. The molecule has 2 aromatic rings. The third kappa shape index (κ3) is 4.14. The Kier molecular flexibility index (Phi) is 5.52. The van der Waals surface area contributed by atoms with E-state index in [2.05, 4.69) is 10.4 Å². The summed E-state index contributed by atoms with van der Waals surface area (Å²) in [5, 5.41) is 7.13. The van der Waals surface area contributed by atoms with Crippen molar-refractivity contribution < 1.29 is 17.9 Å². The highest BCUT2D eigenvalue weighted by molar-refractivity contribution is 7.89. The smallest absolute Gasteiger partial charge is 0.271 e. The lowest BCUT2D eigenvalue weighted by Gasteiger charge is -2.26. The van der Waals surface area contributed by atoms with Crippen LogP contribution in [0.15, 0.2) is 35.2 Å². The summed E-state index contributed by atoms with van der Waals surface area (Å²) in [7, 11) is -2.09. The zero-order chi connectivity index (χ0) is 19.6. The molecule has 0 atom stereocenters. The predicted molar refractivity (Wildman–Crippen MR) is 100.0 cm³/mol. The van der Waals surface area contributed by atoms with Crippen molar-refractivity contribution in [2.24, 2.45) is 5.92 Å². The maximum absolute atomic E-state index is 12.9. The number of sulfonamides is 1. The quantitative estimate of drug-likeness (QED) is 0.804. The van der Waals surface area contributed by atoms with Crippen molar-refractivity contribution in [3.05, 3.63) is 41.7 Å². The number of fused-ring (bicyclic) bond motifs is 1. The Morgan fingerprint density at radius 3 is 2.59 bits per heavy atom. The van der Waals surface area contributed by atoms with Gasteiger partial charge >= 0.3 is 0 Å². The molecule has 27 heavy (non-hydrogen) atoms. The number of nitrogens with zero attached hydrogens (tertiary/aromatic N) is 3. The van der Waals surface area contributed by atoms with Crippen molar-refractivity contribution in [3.8, 4) is 5.75 Å². The van der Waals surface area contributed by atoms with E-state index in [1.165, 1.54) is 23.5 Å². The van der Waals surface area contributed by atoms with Crippen molar-refractivity contribution in [3.63, 3.8) is 0 Å². The molecule has 0 fully saturated rings. The van der Waals surface area contributed by atoms with Gasteiger partial charge in [-0.25, -0.2) is 8.42 Å². The number of hydrogen-bond donors (Lipinski definition) is 1. The van der Waals surface area contributed by atoms with Crippen LogP contribution in [0.3, 0.4) is 0 Å². The van der Waals surface area contributed by atoms with Gasteiger partial charge in [-0.1, -0.05) is 13.8 Å². The van der Waals surface area contributed by atoms with Crippen molar-refractivity contribution >= 4 is 15.9 Å². The minimum atomic E-state index is -3.63. The number of amides is 1. The second kappa shape index (κ2) is 7.69. The largest absolute Gasteiger partial charge is 0.497 e. The van der Waals surface area contributed by atoms with Gasteiger partial charge in [0, 0.05) is 13.1 Å². The van der Waals surface area contributed by atoms with Crippen molar-refractivity contribution in [2.45, 2.75) is 31.8 Å². The van der Waals surface area contributed by atoms with Gasteiger partial charge in [0.1, 0.15) is 11.4 Å². The zero-order valence-corrected chi connectivity index (χ0v) is 16.5. The second-order valence-electron chi connectivity index (χ2n) is 6.86. The Balaban J connectivity index is 1.76. The molecule has 3 rings (SSSR count). The first-order valence-electron chi connectivity index (χ1n) is 8.80. The fourth-order valence-corrected chi connectivity index (χ4v) is 4.25. The van der Waals surface area contributed by atoms with Gasteiger partial charge in [0.05, 0.1) is 30.8 Å². The second-order valence-corrected chi connectivity index (χ2v) is 8.80. The number of ether oxygens (including phenoxy) is 1. The molecule has 0 aliphatic carbocycles. The van der Waals surface area contributed by atoms with E-state index in [4.69, 9.17) is 4.74 Å². The van der Waals surface area contributed by atoms with Gasteiger partial charge in [0.25, 0.3) is 5.91 Å². The number of benzene rings is 1. The first-order valence-corrected chi connectivity index (χ1v) is 10.2. The van der Waals surface area contributed by atoms with E-state index in [9.17, 15) is 13.2 Å². The molecule has 2 heterocycles. The lowest BCUT2D eigenvalue weighted by atomic mass is 10.2. The molecule has 1 aromatic heterocycles. The molecule has 1 N–H and O–H groups in total. The van der Waals surface area contributed by atoms with E-state index in [-0.39, 0.29) is 17.3 Å². The van der Waals surface area contributed by atoms with Crippen LogP contribution in [0.4, 0.5) is 0 Å². The Hall–Kier alpha value is -2.39. The number of hydrogen-bond acceptors (Lipinski definition) is 5. The molecule has 1 aliphatic rings. The van der Waals surface area contributed by atoms with E-state index in [1.807, 2.05) is 13.8 Å². The highest BCUT2D eigenvalue weighted by atomic mass is 32.2. The van der Waals surface area contributed by atoms with Crippen LogP contribution >= 0.6 is 0 Å². The van der Waals surface area contributed by atoms with Gasteiger partial charge in [-0.15, -0.1) is 0 Å². The molecule has 8 nitrogen and oxygen atoms in total. The van der Waals surface area contributed by atoms with E-state index in [0.717, 1.165) is 0 Å². The number of nitrogens with one attached hydrogen (secondary N) is 1. The van der Waals surface area contributed by atoms with Gasteiger partial charge < -0.3 is 10.1 Å². The number of methoxy groups -OCH3 is 1. The molecule has 0 saturated carbocycles. The predicted octanol–water partition coefficient (Wildman–Crippen LogP) is 1.48. The summed E-state index contributed by atoms with van der Waals surface area (Å²) < 4.78 is 34.0. The molecule has 1 aromatic carbocycles.